The molecule has 1 aliphatic rings. The van der Waals surface area contributed by atoms with Gasteiger partial charge in [-0.2, -0.15) is 12.6 Å². The monoisotopic (exact) mass is 175 g/mol. The Labute approximate surface area is 71.8 Å². The lowest BCUT2D eigenvalue weighted by Crippen LogP contribution is -2.43. The second-order valence-electron chi connectivity index (χ2n) is 2.71. The van der Waals surface area contributed by atoms with Gasteiger partial charge in [-0.15, -0.1) is 0 Å². The smallest absolute Gasteiger partial charge is 0.235 e. The van der Waals surface area contributed by atoms with E-state index >= 15 is 0 Å². The molecule has 64 valence electrons. The van der Waals surface area contributed by atoms with E-state index in [1.807, 2.05) is 0 Å². The maximum Gasteiger partial charge on any atom is 0.235 e. The van der Waals surface area contributed by atoms with Gasteiger partial charge in [-0.05, 0) is 12.8 Å². The number of likely N-dealkylation sites (tertiary alicyclic amines) is 1. The molecule has 11 heavy (non-hydrogen) atoms. The number of piperidine rings is 1. The van der Waals surface area contributed by atoms with Crippen molar-refractivity contribution in [2.45, 2.75) is 18.1 Å². The third kappa shape index (κ3) is 2.10. The number of carbonyl (C=O) groups excluding carboxylic acids is 1. The molecule has 0 radical (unpaired) electrons. The van der Waals surface area contributed by atoms with Crippen molar-refractivity contribution in [3.63, 3.8) is 0 Å². The van der Waals surface area contributed by atoms with E-state index in [-0.39, 0.29) is 17.8 Å². The zero-order valence-corrected chi connectivity index (χ0v) is 7.26. The van der Waals surface area contributed by atoms with E-state index < -0.39 is 0 Å². The summed E-state index contributed by atoms with van der Waals surface area (Å²) in [5.41, 5.74) is 0. The number of aliphatic hydroxyl groups is 1. The molecule has 1 N–H and O–H groups in total. The van der Waals surface area contributed by atoms with E-state index in [4.69, 9.17) is 5.11 Å². The molecule has 1 aliphatic heterocycles. The Hall–Kier alpha value is -0.220. The number of aliphatic hydroxyl groups excluding tert-OH is 1. The summed E-state index contributed by atoms with van der Waals surface area (Å²) in [5, 5.41) is 8.46. The number of amides is 1. The first-order valence-electron chi connectivity index (χ1n) is 3.83. The minimum Gasteiger partial charge on any atom is -0.395 e. The van der Waals surface area contributed by atoms with Crippen LogP contribution >= 0.6 is 12.6 Å². The van der Waals surface area contributed by atoms with Crippen LogP contribution in [0.3, 0.4) is 0 Å². The maximum absolute atomic E-state index is 11.3. The maximum atomic E-state index is 11.3. The number of nitrogens with zero attached hydrogens (tertiary/aromatic N) is 1. The highest BCUT2D eigenvalue weighted by Crippen LogP contribution is 2.15. The minimum atomic E-state index is -0.143. The third-order valence-electron chi connectivity index (χ3n) is 1.87. The standard InChI is InChI=1S/C7H13NO2S/c9-5-4-8-3-1-2-6(11)7(8)10/h6,9,11H,1-5H2. The molecule has 0 bridgehead atoms. The van der Waals surface area contributed by atoms with Gasteiger partial charge in [0, 0.05) is 13.1 Å². The van der Waals surface area contributed by atoms with Crippen LogP contribution in [0.5, 0.6) is 0 Å². The molecule has 0 aromatic carbocycles. The molecule has 1 rings (SSSR count). The largest absolute Gasteiger partial charge is 0.395 e. The summed E-state index contributed by atoms with van der Waals surface area (Å²) in [5.74, 6) is 0.0635. The van der Waals surface area contributed by atoms with Crippen LogP contribution in [0.4, 0.5) is 0 Å². The summed E-state index contributed by atoms with van der Waals surface area (Å²) >= 11 is 4.14. The Morgan fingerprint density at radius 1 is 1.73 bits per heavy atom. The van der Waals surface area contributed by atoms with Crippen LogP contribution in [-0.2, 0) is 4.79 Å². The van der Waals surface area contributed by atoms with E-state index in [1.165, 1.54) is 0 Å². The molecule has 1 heterocycles. The molecule has 4 heteroatoms. The first-order chi connectivity index (χ1) is 5.25. The molecular weight excluding hydrogens is 162 g/mol. The highest BCUT2D eigenvalue weighted by Gasteiger charge is 2.24. The van der Waals surface area contributed by atoms with Gasteiger partial charge in [0.15, 0.2) is 0 Å². The summed E-state index contributed by atoms with van der Waals surface area (Å²) in [6.07, 6.45) is 1.86. The summed E-state index contributed by atoms with van der Waals surface area (Å²) in [4.78, 5) is 12.9. The Balaban J connectivity index is 2.44. The molecule has 1 amide bonds. The van der Waals surface area contributed by atoms with Crippen molar-refractivity contribution in [1.29, 1.82) is 0 Å². The van der Waals surface area contributed by atoms with Crippen LogP contribution in [0, 0.1) is 0 Å². The predicted octanol–water partition coefficient (Wildman–Crippen LogP) is -0.100. The van der Waals surface area contributed by atoms with E-state index in [0.717, 1.165) is 19.4 Å². The molecule has 0 saturated carbocycles. The van der Waals surface area contributed by atoms with Crippen molar-refractivity contribution in [3.8, 4) is 0 Å². The van der Waals surface area contributed by atoms with Gasteiger partial charge in [-0.3, -0.25) is 4.79 Å². The third-order valence-corrected chi connectivity index (χ3v) is 2.35. The van der Waals surface area contributed by atoms with Crippen molar-refractivity contribution in [1.82, 2.24) is 4.90 Å². The Kier molecular flexibility index (Phi) is 3.20. The van der Waals surface area contributed by atoms with Crippen LogP contribution < -0.4 is 0 Å². The van der Waals surface area contributed by atoms with Crippen molar-refractivity contribution in [2.75, 3.05) is 19.7 Å². The number of hydrogen-bond acceptors (Lipinski definition) is 3. The van der Waals surface area contributed by atoms with Gasteiger partial charge in [0.25, 0.3) is 0 Å². The average Bonchev–Trinajstić information content (AvgIpc) is 1.99. The molecule has 1 saturated heterocycles. The fraction of sp³-hybridized carbons (Fsp3) is 0.857. The van der Waals surface area contributed by atoms with Crippen LogP contribution in [0.1, 0.15) is 12.8 Å². The van der Waals surface area contributed by atoms with Gasteiger partial charge >= 0.3 is 0 Å². The molecule has 3 nitrogen and oxygen atoms in total. The summed E-state index contributed by atoms with van der Waals surface area (Å²) in [6.45, 7) is 1.28. The van der Waals surface area contributed by atoms with Gasteiger partial charge in [0.1, 0.15) is 0 Å². The molecule has 1 fully saturated rings. The Morgan fingerprint density at radius 2 is 2.45 bits per heavy atom. The summed E-state index contributed by atoms with van der Waals surface area (Å²) < 4.78 is 0. The minimum absolute atomic E-state index is 0.0479. The quantitative estimate of drug-likeness (QED) is 0.575. The Bertz CT molecular complexity index is 149. The molecule has 1 unspecified atom stereocenters. The van der Waals surface area contributed by atoms with E-state index in [9.17, 15) is 4.79 Å². The lowest BCUT2D eigenvalue weighted by molar-refractivity contribution is -0.133. The number of β-amino-alcohol motifs (C(OH)–C–C–N with tert-alkyl or cyclic N) is 1. The first-order valence-corrected chi connectivity index (χ1v) is 4.35. The fourth-order valence-electron chi connectivity index (χ4n) is 1.26. The SMILES string of the molecule is O=C1C(S)CCCN1CCO. The van der Waals surface area contributed by atoms with Crippen molar-refractivity contribution < 1.29 is 9.90 Å². The zero-order chi connectivity index (χ0) is 8.27. The van der Waals surface area contributed by atoms with E-state index in [1.54, 1.807) is 4.90 Å². The van der Waals surface area contributed by atoms with Crippen molar-refractivity contribution in [2.24, 2.45) is 0 Å². The molecule has 0 spiro atoms. The second-order valence-corrected chi connectivity index (χ2v) is 3.33. The number of carbonyl (C=O) groups is 1. The van der Waals surface area contributed by atoms with Gasteiger partial charge in [-0.25, -0.2) is 0 Å². The molecular formula is C7H13NO2S. The van der Waals surface area contributed by atoms with Crippen LogP contribution in [-0.4, -0.2) is 40.9 Å². The molecule has 0 aromatic rings. The van der Waals surface area contributed by atoms with Crippen LogP contribution in [0.2, 0.25) is 0 Å². The Morgan fingerprint density at radius 3 is 3.09 bits per heavy atom. The lowest BCUT2D eigenvalue weighted by Gasteiger charge is -2.29. The summed E-state index contributed by atoms with van der Waals surface area (Å²) in [7, 11) is 0. The van der Waals surface area contributed by atoms with E-state index in [2.05, 4.69) is 12.6 Å². The van der Waals surface area contributed by atoms with Crippen LogP contribution in [0.25, 0.3) is 0 Å². The predicted molar refractivity (Wildman–Crippen MR) is 45.7 cm³/mol. The van der Waals surface area contributed by atoms with E-state index in [0.29, 0.717) is 6.54 Å². The topological polar surface area (TPSA) is 40.5 Å². The van der Waals surface area contributed by atoms with Crippen molar-refractivity contribution >= 4 is 18.5 Å². The highest BCUT2D eigenvalue weighted by molar-refractivity contribution is 7.81. The van der Waals surface area contributed by atoms with Gasteiger partial charge in [0.05, 0.1) is 11.9 Å². The number of rotatable bonds is 2. The first kappa shape index (κ1) is 8.87. The molecule has 0 aliphatic carbocycles. The van der Waals surface area contributed by atoms with Crippen molar-refractivity contribution in [3.05, 3.63) is 0 Å². The lowest BCUT2D eigenvalue weighted by atomic mass is 10.1. The summed E-state index contributed by atoms with van der Waals surface area (Å²) in [6, 6.07) is 0. The normalized spacial score (nSPS) is 25.8. The fourth-order valence-corrected chi connectivity index (χ4v) is 1.61. The molecule has 1 atom stereocenters. The van der Waals surface area contributed by atoms with Gasteiger partial charge in [0.2, 0.25) is 5.91 Å². The zero-order valence-electron chi connectivity index (χ0n) is 6.36. The van der Waals surface area contributed by atoms with Crippen LogP contribution in [0.15, 0.2) is 0 Å². The van der Waals surface area contributed by atoms with Gasteiger partial charge < -0.3 is 10.0 Å². The average molecular weight is 175 g/mol. The number of hydrogen-bond donors (Lipinski definition) is 2. The molecule has 0 aromatic heterocycles. The highest BCUT2D eigenvalue weighted by atomic mass is 32.1. The second kappa shape index (κ2) is 3.97. The number of thiol groups is 1. The van der Waals surface area contributed by atoms with Gasteiger partial charge in [-0.1, -0.05) is 0 Å².